The monoisotopic (exact) mass is 249 g/mol. The average Bonchev–Trinajstić information content (AvgIpc) is 2.37. The van der Waals surface area contributed by atoms with Crippen LogP contribution < -0.4 is 14.8 Å². The number of hydrogen-bond donors (Lipinski definition) is 1. The molecule has 0 atom stereocenters. The maximum absolute atomic E-state index is 5.71. The highest BCUT2D eigenvalue weighted by atomic mass is 16.5. The third-order valence-corrected chi connectivity index (χ3v) is 2.42. The number of ether oxygens (including phenoxy) is 2. The highest BCUT2D eigenvalue weighted by molar-refractivity contribution is 5.42. The number of rotatable bonds is 8. The van der Waals surface area contributed by atoms with Crippen molar-refractivity contribution < 1.29 is 9.47 Å². The first kappa shape index (κ1) is 14.6. The summed E-state index contributed by atoms with van der Waals surface area (Å²) >= 11 is 0. The Labute approximate surface area is 110 Å². The van der Waals surface area contributed by atoms with Gasteiger partial charge >= 0.3 is 0 Å². The predicted molar refractivity (Wildman–Crippen MR) is 75.2 cm³/mol. The molecule has 0 aliphatic heterocycles. The van der Waals surface area contributed by atoms with E-state index in [0.717, 1.165) is 24.6 Å². The van der Waals surface area contributed by atoms with E-state index in [-0.39, 0.29) is 0 Å². The number of benzene rings is 1. The fourth-order valence-electron chi connectivity index (χ4n) is 1.52. The summed E-state index contributed by atoms with van der Waals surface area (Å²) < 4.78 is 11.1. The van der Waals surface area contributed by atoms with Crippen molar-refractivity contribution in [1.82, 2.24) is 5.32 Å². The van der Waals surface area contributed by atoms with E-state index in [2.05, 4.69) is 25.7 Å². The van der Waals surface area contributed by atoms with Crippen LogP contribution in [0.1, 0.15) is 19.4 Å². The van der Waals surface area contributed by atoms with Crippen LogP contribution in [-0.2, 0) is 6.54 Å². The molecule has 0 amide bonds. The lowest BCUT2D eigenvalue weighted by molar-refractivity contribution is 0.256. The largest absolute Gasteiger partial charge is 0.493 e. The molecule has 0 unspecified atom stereocenters. The Morgan fingerprint density at radius 2 is 2.11 bits per heavy atom. The maximum Gasteiger partial charge on any atom is 0.161 e. The zero-order chi connectivity index (χ0) is 13.4. The zero-order valence-electron chi connectivity index (χ0n) is 11.5. The van der Waals surface area contributed by atoms with Crippen LogP contribution in [0.15, 0.2) is 30.9 Å². The molecule has 0 aliphatic rings. The van der Waals surface area contributed by atoms with Gasteiger partial charge in [-0.3, -0.25) is 0 Å². The lowest BCUT2D eigenvalue weighted by Gasteiger charge is -2.13. The maximum atomic E-state index is 5.71. The van der Waals surface area contributed by atoms with Gasteiger partial charge in [0.2, 0.25) is 0 Å². The van der Waals surface area contributed by atoms with Crippen molar-refractivity contribution in [2.75, 3.05) is 20.3 Å². The van der Waals surface area contributed by atoms with E-state index in [1.54, 1.807) is 7.11 Å². The van der Waals surface area contributed by atoms with Gasteiger partial charge in [0.25, 0.3) is 0 Å². The van der Waals surface area contributed by atoms with Crippen LogP contribution in [0.5, 0.6) is 11.5 Å². The summed E-state index contributed by atoms with van der Waals surface area (Å²) in [6.07, 6.45) is 1.84. The highest BCUT2D eigenvalue weighted by Crippen LogP contribution is 2.28. The van der Waals surface area contributed by atoms with E-state index in [1.165, 1.54) is 5.56 Å². The average molecular weight is 249 g/mol. The molecule has 0 spiro atoms. The van der Waals surface area contributed by atoms with Crippen molar-refractivity contribution in [1.29, 1.82) is 0 Å². The Morgan fingerprint density at radius 3 is 2.72 bits per heavy atom. The van der Waals surface area contributed by atoms with Crippen LogP contribution in [-0.4, -0.2) is 20.3 Å². The van der Waals surface area contributed by atoms with Gasteiger partial charge in [0.15, 0.2) is 11.5 Å². The topological polar surface area (TPSA) is 30.5 Å². The SMILES string of the molecule is C=CCNCc1ccc(OCC(C)C)c(OC)c1. The molecule has 1 aromatic rings. The number of methoxy groups -OCH3 is 1. The molecule has 0 saturated heterocycles. The molecule has 0 aromatic heterocycles. The van der Waals surface area contributed by atoms with Gasteiger partial charge in [-0.15, -0.1) is 6.58 Å². The first-order valence-electron chi connectivity index (χ1n) is 6.28. The normalized spacial score (nSPS) is 10.4. The predicted octanol–water partition coefficient (Wildman–Crippen LogP) is 3.01. The second-order valence-electron chi connectivity index (χ2n) is 4.61. The minimum absolute atomic E-state index is 0.503. The summed E-state index contributed by atoms with van der Waals surface area (Å²) in [5.41, 5.74) is 1.17. The van der Waals surface area contributed by atoms with Gasteiger partial charge in [0.1, 0.15) is 0 Å². The first-order chi connectivity index (χ1) is 8.67. The van der Waals surface area contributed by atoms with Crippen LogP contribution in [0, 0.1) is 5.92 Å². The summed E-state index contributed by atoms with van der Waals surface area (Å²) in [6.45, 7) is 10.2. The molecular formula is C15H23NO2. The summed E-state index contributed by atoms with van der Waals surface area (Å²) in [6, 6.07) is 6.02. The summed E-state index contributed by atoms with van der Waals surface area (Å²) in [5.74, 6) is 2.09. The van der Waals surface area contributed by atoms with Gasteiger partial charge in [0.05, 0.1) is 13.7 Å². The summed E-state index contributed by atoms with van der Waals surface area (Å²) in [5, 5.41) is 3.26. The van der Waals surface area contributed by atoms with E-state index in [1.807, 2.05) is 24.3 Å². The van der Waals surface area contributed by atoms with E-state index in [9.17, 15) is 0 Å². The zero-order valence-corrected chi connectivity index (χ0v) is 11.5. The number of nitrogens with one attached hydrogen (secondary N) is 1. The molecule has 3 nitrogen and oxygen atoms in total. The Morgan fingerprint density at radius 1 is 1.33 bits per heavy atom. The summed E-state index contributed by atoms with van der Waals surface area (Å²) in [7, 11) is 1.67. The molecule has 3 heteroatoms. The first-order valence-corrected chi connectivity index (χ1v) is 6.28. The minimum Gasteiger partial charge on any atom is -0.493 e. The minimum atomic E-state index is 0.503. The van der Waals surface area contributed by atoms with Gasteiger partial charge in [0, 0.05) is 13.1 Å². The standard InChI is InChI=1S/C15H23NO2/c1-5-8-16-10-13-6-7-14(15(9-13)17-4)18-11-12(2)3/h5-7,9,12,16H,1,8,10-11H2,2-4H3. The molecule has 0 bridgehead atoms. The Bertz CT molecular complexity index is 375. The van der Waals surface area contributed by atoms with Gasteiger partial charge in [-0.05, 0) is 23.6 Å². The van der Waals surface area contributed by atoms with Crippen molar-refractivity contribution in [3.8, 4) is 11.5 Å². The second kappa shape index (κ2) is 7.77. The lowest BCUT2D eigenvalue weighted by Crippen LogP contribution is -2.12. The second-order valence-corrected chi connectivity index (χ2v) is 4.61. The smallest absolute Gasteiger partial charge is 0.161 e. The van der Waals surface area contributed by atoms with Gasteiger partial charge in [-0.25, -0.2) is 0 Å². The molecule has 0 saturated carbocycles. The third kappa shape index (κ3) is 4.80. The van der Waals surface area contributed by atoms with Crippen molar-refractivity contribution in [3.63, 3.8) is 0 Å². The van der Waals surface area contributed by atoms with Gasteiger partial charge in [-0.2, -0.15) is 0 Å². The van der Waals surface area contributed by atoms with Crippen molar-refractivity contribution in [2.24, 2.45) is 5.92 Å². The van der Waals surface area contributed by atoms with E-state index in [0.29, 0.717) is 12.5 Å². The Balaban J connectivity index is 2.66. The Hall–Kier alpha value is -1.48. The lowest BCUT2D eigenvalue weighted by atomic mass is 10.2. The Kier molecular flexibility index (Phi) is 6.29. The fraction of sp³-hybridized carbons (Fsp3) is 0.467. The number of hydrogen-bond acceptors (Lipinski definition) is 3. The molecule has 1 aromatic carbocycles. The van der Waals surface area contributed by atoms with Crippen LogP contribution >= 0.6 is 0 Å². The van der Waals surface area contributed by atoms with Crippen molar-refractivity contribution >= 4 is 0 Å². The highest BCUT2D eigenvalue weighted by Gasteiger charge is 2.06. The molecular weight excluding hydrogens is 226 g/mol. The molecule has 1 N–H and O–H groups in total. The van der Waals surface area contributed by atoms with E-state index < -0.39 is 0 Å². The molecule has 100 valence electrons. The molecule has 0 radical (unpaired) electrons. The molecule has 18 heavy (non-hydrogen) atoms. The van der Waals surface area contributed by atoms with Crippen LogP contribution in [0.4, 0.5) is 0 Å². The van der Waals surface area contributed by atoms with Crippen LogP contribution in [0.3, 0.4) is 0 Å². The van der Waals surface area contributed by atoms with E-state index >= 15 is 0 Å². The molecule has 0 aliphatic carbocycles. The van der Waals surface area contributed by atoms with E-state index in [4.69, 9.17) is 9.47 Å². The van der Waals surface area contributed by atoms with Gasteiger partial charge < -0.3 is 14.8 Å². The van der Waals surface area contributed by atoms with Crippen LogP contribution in [0.25, 0.3) is 0 Å². The fourth-order valence-corrected chi connectivity index (χ4v) is 1.52. The van der Waals surface area contributed by atoms with Crippen LogP contribution in [0.2, 0.25) is 0 Å². The summed E-state index contributed by atoms with van der Waals surface area (Å²) in [4.78, 5) is 0. The quantitative estimate of drug-likeness (QED) is 0.567. The molecule has 1 rings (SSSR count). The van der Waals surface area contributed by atoms with Crippen molar-refractivity contribution in [3.05, 3.63) is 36.4 Å². The molecule has 0 heterocycles. The third-order valence-electron chi connectivity index (χ3n) is 2.42. The van der Waals surface area contributed by atoms with Crippen molar-refractivity contribution in [2.45, 2.75) is 20.4 Å². The van der Waals surface area contributed by atoms with Gasteiger partial charge in [-0.1, -0.05) is 26.0 Å². The molecule has 0 fully saturated rings.